The average Bonchev–Trinajstić information content (AvgIpc) is 2.45. The van der Waals surface area contributed by atoms with Gasteiger partial charge in [-0.3, -0.25) is 0 Å². The van der Waals surface area contributed by atoms with E-state index in [2.05, 4.69) is 0 Å². The number of anilines is 1. The second kappa shape index (κ2) is 6.10. The van der Waals surface area contributed by atoms with Crippen molar-refractivity contribution in [3.05, 3.63) is 48.0 Å². The minimum absolute atomic E-state index is 0.378. The van der Waals surface area contributed by atoms with Crippen molar-refractivity contribution in [1.29, 1.82) is 0 Å². The van der Waals surface area contributed by atoms with Crippen molar-refractivity contribution in [2.45, 2.75) is 26.4 Å². The average molecular weight is 299 g/mol. The summed E-state index contributed by atoms with van der Waals surface area (Å²) in [6.07, 6.45) is 0. The lowest BCUT2D eigenvalue weighted by molar-refractivity contribution is 0.00692. The number of esters is 1. The summed E-state index contributed by atoms with van der Waals surface area (Å²) in [5, 5.41) is 0. The van der Waals surface area contributed by atoms with E-state index < -0.39 is 5.60 Å². The Morgan fingerprint density at radius 2 is 1.77 bits per heavy atom. The first-order valence-corrected chi connectivity index (χ1v) is 7.07. The van der Waals surface area contributed by atoms with Gasteiger partial charge in [0.1, 0.15) is 11.4 Å². The minimum atomic E-state index is -0.544. The number of hydrogen-bond acceptors (Lipinski definition) is 4. The number of hydrogen-bond donors (Lipinski definition) is 1. The molecular weight excluding hydrogens is 278 g/mol. The summed E-state index contributed by atoms with van der Waals surface area (Å²) in [7, 11) is 1.57. The maximum absolute atomic E-state index is 12.3. The lowest BCUT2D eigenvalue weighted by atomic mass is 10.0. The smallest absolute Gasteiger partial charge is 0.338 e. The molecule has 0 saturated heterocycles. The maximum atomic E-state index is 12.3. The number of methoxy groups -OCH3 is 1. The predicted octanol–water partition coefficient (Wildman–Crippen LogP) is 3.90. The molecule has 0 aliphatic carbocycles. The lowest BCUT2D eigenvalue weighted by Gasteiger charge is -2.20. The molecule has 2 aromatic carbocycles. The Balaban J connectivity index is 2.44. The molecule has 22 heavy (non-hydrogen) atoms. The molecule has 2 N–H and O–H groups in total. The molecule has 4 heteroatoms. The molecule has 0 atom stereocenters. The fourth-order valence-corrected chi connectivity index (χ4v) is 2.06. The third-order valence-corrected chi connectivity index (χ3v) is 3.00. The summed E-state index contributed by atoms with van der Waals surface area (Å²) in [6.45, 7) is 5.51. The molecular formula is C18H21NO3. The van der Waals surface area contributed by atoms with E-state index in [9.17, 15) is 4.79 Å². The zero-order chi connectivity index (χ0) is 16.3. The topological polar surface area (TPSA) is 61.5 Å². The van der Waals surface area contributed by atoms with E-state index in [1.807, 2.05) is 51.1 Å². The first-order valence-electron chi connectivity index (χ1n) is 7.07. The quantitative estimate of drug-likeness (QED) is 0.689. The zero-order valence-electron chi connectivity index (χ0n) is 13.3. The number of carbonyl (C=O) groups excluding carboxylic acids is 1. The molecule has 0 radical (unpaired) electrons. The molecule has 0 amide bonds. The number of rotatable bonds is 3. The van der Waals surface area contributed by atoms with Gasteiger partial charge in [0.05, 0.1) is 12.7 Å². The van der Waals surface area contributed by atoms with Gasteiger partial charge in [-0.2, -0.15) is 0 Å². The molecule has 0 unspecified atom stereocenters. The van der Waals surface area contributed by atoms with Crippen molar-refractivity contribution in [2.24, 2.45) is 0 Å². The van der Waals surface area contributed by atoms with Crippen molar-refractivity contribution in [3.63, 3.8) is 0 Å². The van der Waals surface area contributed by atoms with Gasteiger partial charge in [0, 0.05) is 5.69 Å². The van der Waals surface area contributed by atoms with Crippen LogP contribution in [0.2, 0.25) is 0 Å². The van der Waals surface area contributed by atoms with Crippen LogP contribution in [-0.4, -0.2) is 18.7 Å². The van der Waals surface area contributed by atoms with Crippen molar-refractivity contribution in [3.8, 4) is 16.9 Å². The highest BCUT2D eigenvalue weighted by Crippen LogP contribution is 2.28. The Kier molecular flexibility index (Phi) is 4.40. The van der Waals surface area contributed by atoms with Gasteiger partial charge < -0.3 is 15.2 Å². The lowest BCUT2D eigenvalue weighted by Crippen LogP contribution is -2.23. The Bertz CT molecular complexity index is 687. The summed E-state index contributed by atoms with van der Waals surface area (Å²) in [5.74, 6) is 0.220. The number of nitrogens with two attached hydrogens (primary N) is 1. The molecule has 0 fully saturated rings. The van der Waals surface area contributed by atoms with Crippen LogP contribution in [-0.2, 0) is 4.74 Å². The van der Waals surface area contributed by atoms with Gasteiger partial charge in [-0.25, -0.2) is 4.79 Å². The second-order valence-corrected chi connectivity index (χ2v) is 6.08. The summed E-state index contributed by atoms with van der Waals surface area (Å²) in [4.78, 5) is 12.3. The highest BCUT2D eigenvalue weighted by molar-refractivity contribution is 5.92. The maximum Gasteiger partial charge on any atom is 0.338 e. The molecule has 0 spiro atoms. The Labute approximate surface area is 130 Å². The summed E-state index contributed by atoms with van der Waals surface area (Å²) < 4.78 is 10.7. The number of benzene rings is 2. The molecule has 0 heterocycles. The van der Waals surface area contributed by atoms with Crippen LogP contribution in [0.15, 0.2) is 42.5 Å². The monoisotopic (exact) mass is 299 g/mol. The zero-order valence-corrected chi connectivity index (χ0v) is 13.3. The van der Waals surface area contributed by atoms with Crippen LogP contribution in [0.4, 0.5) is 5.69 Å². The Morgan fingerprint density at radius 3 is 2.36 bits per heavy atom. The van der Waals surface area contributed by atoms with Crippen LogP contribution in [0.25, 0.3) is 11.1 Å². The largest absolute Gasteiger partial charge is 0.497 e. The SMILES string of the molecule is COc1cc(C(=O)OC(C)(C)C)cc(-c2cccc(N)c2)c1. The van der Waals surface area contributed by atoms with Crippen LogP contribution in [0.3, 0.4) is 0 Å². The normalized spacial score (nSPS) is 11.1. The highest BCUT2D eigenvalue weighted by atomic mass is 16.6. The first kappa shape index (κ1) is 15.9. The molecule has 2 rings (SSSR count). The fourth-order valence-electron chi connectivity index (χ4n) is 2.06. The van der Waals surface area contributed by atoms with Gasteiger partial charge >= 0.3 is 5.97 Å². The van der Waals surface area contributed by atoms with Gasteiger partial charge in [-0.15, -0.1) is 0 Å². The molecule has 0 saturated carbocycles. The molecule has 116 valence electrons. The van der Waals surface area contributed by atoms with Crippen molar-refractivity contribution in [1.82, 2.24) is 0 Å². The van der Waals surface area contributed by atoms with Gasteiger partial charge in [-0.05, 0) is 62.2 Å². The van der Waals surface area contributed by atoms with Crippen molar-refractivity contribution in [2.75, 3.05) is 12.8 Å². The molecule has 4 nitrogen and oxygen atoms in total. The standard InChI is InChI=1S/C18H21NO3/c1-18(2,3)22-17(20)14-8-13(10-16(11-14)21-4)12-6-5-7-15(19)9-12/h5-11H,19H2,1-4H3. The van der Waals surface area contributed by atoms with Gasteiger partial charge in [-0.1, -0.05) is 12.1 Å². The summed E-state index contributed by atoms with van der Waals surface area (Å²) in [5.41, 5.74) is 8.17. The molecule has 0 aliphatic heterocycles. The molecule has 0 aliphatic rings. The van der Waals surface area contributed by atoms with E-state index in [1.165, 1.54) is 0 Å². The van der Waals surface area contributed by atoms with E-state index in [0.29, 0.717) is 17.0 Å². The molecule has 0 aromatic heterocycles. The highest BCUT2D eigenvalue weighted by Gasteiger charge is 2.19. The van der Waals surface area contributed by atoms with Crippen LogP contribution in [0.5, 0.6) is 5.75 Å². The number of ether oxygens (including phenoxy) is 2. The van der Waals surface area contributed by atoms with Gasteiger partial charge in [0.2, 0.25) is 0 Å². The number of nitrogen functional groups attached to an aromatic ring is 1. The Hall–Kier alpha value is -2.49. The Morgan fingerprint density at radius 1 is 1.05 bits per heavy atom. The summed E-state index contributed by atoms with van der Waals surface area (Å²) in [6, 6.07) is 12.8. The van der Waals surface area contributed by atoms with Crippen LogP contribution < -0.4 is 10.5 Å². The van der Waals surface area contributed by atoms with E-state index in [0.717, 1.165) is 11.1 Å². The van der Waals surface area contributed by atoms with Crippen molar-refractivity contribution < 1.29 is 14.3 Å². The van der Waals surface area contributed by atoms with Crippen LogP contribution in [0.1, 0.15) is 31.1 Å². The minimum Gasteiger partial charge on any atom is -0.497 e. The fraction of sp³-hybridized carbons (Fsp3) is 0.278. The predicted molar refractivity (Wildman–Crippen MR) is 88.0 cm³/mol. The second-order valence-electron chi connectivity index (χ2n) is 6.08. The number of carbonyl (C=O) groups is 1. The first-order chi connectivity index (χ1) is 10.3. The third-order valence-electron chi connectivity index (χ3n) is 3.00. The van der Waals surface area contributed by atoms with Crippen molar-refractivity contribution >= 4 is 11.7 Å². The third kappa shape index (κ3) is 4.01. The van der Waals surface area contributed by atoms with E-state index in [4.69, 9.17) is 15.2 Å². The molecule has 2 aromatic rings. The summed E-state index contributed by atoms with van der Waals surface area (Å²) >= 11 is 0. The van der Waals surface area contributed by atoms with Gasteiger partial charge in [0.25, 0.3) is 0 Å². The molecule has 0 bridgehead atoms. The van der Waals surface area contributed by atoms with E-state index in [-0.39, 0.29) is 5.97 Å². The van der Waals surface area contributed by atoms with E-state index >= 15 is 0 Å². The van der Waals surface area contributed by atoms with Gasteiger partial charge in [0.15, 0.2) is 0 Å². The van der Waals surface area contributed by atoms with Crippen LogP contribution >= 0.6 is 0 Å². The van der Waals surface area contributed by atoms with E-state index in [1.54, 1.807) is 19.2 Å². The van der Waals surface area contributed by atoms with Crippen LogP contribution in [0, 0.1) is 0 Å².